The number of rotatable bonds is 11. The predicted octanol–water partition coefficient (Wildman–Crippen LogP) is 4.02. The highest BCUT2D eigenvalue weighted by Gasteiger charge is 2.48. The monoisotopic (exact) mass is 492 g/mol. The fourth-order valence-electron chi connectivity index (χ4n) is 4.10. The normalized spacial score (nSPS) is 23.8. The van der Waals surface area contributed by atoms with Gasteiger partial charge in [0.1, 0.15) is 31.0 Å². The highest BCUT2D eigenvalue weighted by molar-refractivity contribution is 5.65. The molecule has 3 unspecified atom stereocenters. The number of aliphatic hydroxyl groups is 1. The van der Waals surface area contributed by atoms with Crippen molar-refractivity contribution in [2.24, 2.45) is 0 Å². The Morgan fingerprint density at radius 2 is 1.11 bits per heavy atom. The number of carbonyl (C=O) groups is 1. The maximum absolute atomic E-state index is 11.5. The Morgan fingerprint density at radius 1 is 0.694 bits per heavy atom. The number of hydrogen-bond donors (Lipinski definition) is 1. The molecule has 0 amide bonds. The second-order valence-corrected chi connectivity index (χ2v) is 8.65. The molecule has 1 aliphatic rings. The molecule has 3 aromatic rings. The molecular weight excluding hydrogens is 460 g/mol. The van der Waals surface area contributed by atoms with Gasteiger partial charge >= 0.3 is 5.97 Å². The van der Waals surface area contributed by atoms with Gasteiger partial charge in [0.05, 0.1) is 19.8 Å². The van der Waals surface area contributed by atoms with Crippen molar-refractivity contribution in [3.63, 3.8) is 0 Å². The Bertz CT molecular complexity index is 1040. The van der Waals surface area contributed by atoms with Crippen LogP contribution in [0.5, 0.6) is 0 Å². The molecular formula is C29H32O7. The first-order valence-electron chi connectivity index (χ1n) is 12.0. The lowest BCUT2D eigenvalue weighted by Gasteiger charge is -2.44. The van der Waals surface area contributed by atoms with Gasteiger partial charge in [-0.2, -0.15) is 0 Å². The highest BCUT2D eigenvalue weighted by Crippen LogP contribution is 2.30. The van der Waals surface area contributed by atoms with E-state index in [1.165, 1.54) is 6.92 Å². The summed E-state index contributed by atoms with van der Waals surface area (Å²) in [6.07, 6.45) is -4.24. The van der Waals surface area contributed by atoms with E-state index in [4.69, 9.17) is 23.7 Å². The fourth-order valence-corrected chi connectivity index (χ4v) is 4.10. The van der Waals surface area contributed by atoms with E-state index < -0.39 is 36.7 Å². The van der Waals surface area contributed by atoms with Crippen LogP contribution in [0.4, 0.5) is 0 Å². The van der Waals surface area contributed by atoms with Crippen molar-refractivity contribution in [2.75, 3.05) is 6.61 Å². The summed E-state index contributed by atoms with van der Waals surface area (Å²) in [4.78, 5) is 11.5. The van der Waals surface area contributed by atoms with E-state index in [9.17, 15) is 9.90 Å². The molecule has 1 fully saturated rings. The largest absolute Gasteiger partial charge is 0.463 e. The van der Waals surface area contributed by atoms with E-state index in [0.717, 1.165) is 16.7 Å². The van der Waals surface area contributed by atoms with Crippen LogP contribution in [0.2, 0.25) is 0 Å². The van der Waals surface area contributed by atoms with Gasteiger partial charge in [-0.1, -0.05) is 91.0 Å². The van der Waals surface area contributed by atoms with Crippen molar-refractivity contribution < 1.29 is 33.6 Å². The first-order chi connectivity index (χ1) is 17.6. The maximum Gasteiger partial charge on any atom is 0.302 e. The first-order valence-corrected chi connectivity index (χ1v) is 12.0. The average molecular weight is 493 g/mol. The van der Waals surface area contributed by atoms with Crippen LogP contribution in [-0.4, -0.2) is 48.4 Å². The zero-order valence-electron chi connectivity index (χ0n) is 20.3. The van der Waals surface area contributed by atoms with Gasteiger partial charge in [0, 0.05) is 6.92 Å². The third kappa shape index (κ3) is 7.46. The molecule has 36 heavy (non-hydrogen) atoms. The van der Waals surface area contributed by atoms with Gasteiger partial charge in [-0.05, 0) is 16.7 Å². The molecule has 0 spiro atoms. The van der Waals surface area contributed by atoms with Crippen LogP contribution in [-0.2, 0) is 48.3 Å². The van der Waals surface area contributed by atoms with Crippen LogP contribution in [0, 0.1) is 0 Å². The molecule has 0 radical (unpaired) electrons. The third-order valence-corrected chi connectivity index (χ3v) is 5.92. The third-order valence-electron chi connectivity index (χ3n) is 5.92. The minimum Gasteiger partial charge on any atom is -0.463 e. The quantitative estimate of drug-likeness (QED) is 0.405. The van der Waals surface area contributed by atoms with Crippen LogP contribution >= 0.6 is 0 Å². The molecule has 0 bridgehead atoms. The van der Waals surface area contributed by atoms with Gasteiger partial charge in [-0.25, -0.2) is 0 Å². The van der Waals surface area contributed by atoms with Gasteiger partial charge in [0.15, 0.2) is 6.29 Å². The lowest BCUT2D eigenvalue weighted by Crippen LogP contribution is -2.61. The summed E-state index contributed by atoms with van der Waals surface area (Å²) in [5.74, 6) is -0.445. The molecule has 190 valence electrons. The van der Waals surface area contributed by atoms with Crippen LogP contribution in [0.3, 0.4) is 0 Å². The van der Waals surface area contributed by atoms with E-state index >= 15 is 0 Å². The molecule has 1 heterocycles. The predicted molar refractivity (Wildman–Crippen MR) is 133 cm³/mol. The summed E-state index contributed by atoms with van der Waals surface area (Å²) >= 11 is 0. The van der Waals surface area contributed by atoms with Gasteiger partial charge in [-0.3, -0.25) is 4.79 Å². The zero-order valence-corrected chi connectivity index (χ0v) is 20.3. The molecule has 5 atom stereocenters. The standard InChI is InChI=1S/C29H32O7/c1-21(30)32-20-25-26(33-17-22-11-5-2-6-12-22)27(34-18-23-13-7-3-8-14-23)28(29(31)36-25)35-19-24-15-9-4-10-16-24/h2-16,25-29,31H,17-20H2,1H3/t25?,26-,27?,28?,29+/m1/s1. The van der Waals surface area contributed by atoms with Crippen LogP contribution in [0.15, 0.2) is 91.0 Å². The molecule has 7 nitrogen and oxygen atoms in total. The molecule has 0 aliphatic carbocycles. The molecule has 1 aliphatic heterocycles. The Labute approximate surface area is 211 Å². The number of benzene rings is 3. The molecule has 4 rings (SSSR count). The van der Waals surface area contributed by atoms with E-state index in [1.807, 2.05) is 91.0 Å². The molecule has 1 N–H and O–H groups in total. The van der Waals surface area contributed by atoms with Gasteiger partial charge in [-0.15, -0.1) is 0 Å². The molecule has 1 saturated heterocycles. The Balaban J connectivity index is 1.57. The van der Waals surface area contributed by atoms with Crippen molar-refractivity contribution in [3.05, 3.63) is 108 Å². The van der Waals surface area contributed by atoms with Crippen LogP contribution in [0.1, 0.15) is 23.6 Å². The number of aliphatic hydroxyl groups excluding tert-OH is 1. The summed E-state index contributed by atoms with van der Waals surface area (Å²) in [5.41, 5.74) is 2.90. The van der Waals surface area contributed by atoms with Crippen LogP contribution < -0.4 is 0 Å². The van der Waals surface area contributed by atoms with Gasteiger partial charge < -0.3 is 28.8 Å². The van der Waals surface area contributed by atoms with E-state index in [0.29, 0.717) is 0 Å². The molecule has 0 saturated carbocycles. The minimum absolute atomic E-state index is 0.0809. The van der Waals surface area contributed by atoms with Gasteiger partial charge in [0.25, 0.3) is 0 Å². The summed E-state index contributed by atoms with van der Waals surface area (Å²) in [6.45, 7) is 2.08. The number of carbonyl (C=O) groups excluding carboxylic acids is 1. The Kier molecular flexibility index (Phi) is 9.61. The lowest BCUT2D eigenvalue weighted by molar-refractivity contribution is -0.315. The Morgan fingerprint density at radius 3 is 1.56 bits per heavy atom. The van der Waals surface area contributed by atoms with E-state index in [1.54, 1.807) is 0 Å². The fraction of sp³-hybridized carbons (Fsp3) is 0.345. The topological polar surface area (TPSA) is 83.5 Å². The second-order valence-electron chi connectivity index (χ2n) is 8.65. The lowest BCUT2D eigenvalue weighted by atomic mass is 9.98. The SMILES string of the molecule is CC(=O)OCC1O[C@H](O)C(OCc2ccccc2)C(OCc2ccccc2)[C@@H]1OCc1ccccc1. The van der Waals surface area contributed by atoms with E-state index in [2.05, 4.69) is 0 Å². The molecule has 3 aromatic carbocycles. The first kappa shape index (κ1) is 26.0. The zero-order chi connectivity index (χ0) is 25.2. The van der Waals surface area contributed by atoms with Crippen molar-refractivity contribution in [3.8, 4) is 0 Å². The highest BCUT2D eigenvalue weighted by atomic mass is 16.7. The summed E-state index contributed by atoms with van der Waals surface area (Å²) in [7, 11) is 0. The Hall–Kier alpha value is -3.07. The van der Waals surface area contributed by atoms with Crippen molar-refractivity contribution in [2.45, 2.75) is 57.5 Å². The second kappa shape index (κ2) is 13.3. The number of esters is 1. The number of hydrogen-bond acceptors (Lipinski definition) is 7. The van der Waals surface area contributed by atoms with Gasteiger partial charge in [0.2, 0.25) is 0 Å². The smallest absolute Gasteiger partial charge is 0.302 e. The maximum atomic E-state index is 11.5. The number of ether oxygens (including phenoxy) is 5. The van der Waals surface area contributed by atoms with Crippen molar-refractivity contribution >= 4 is 5.97 Å². The molecule has 7 heteroatoms. The van der Waals surface area contributed by atoms with Crippen molar-refractivity contribution in [1.82, 2.24) is 0 Å². The summed E-state index contributed by atoms with van der Waals surface area (Å²) in [6, 6.07) is 29.2. The summed E-state index contributed by atoms with van der Waals surface area (Å²) in [5, 5.41) is 10.9. The molecule has 0 aromatic heterocycles. The minimum atomic E-state index is -1.30. The van der Waals surface area contributed by atoms with Crippen LogP contribution in [0.25, 0.3) is 0 Å². The average Bonchev–Trinajstić information content (AvgIpc) is 2.91. The van der Waals surface area contributed by atoms with E-state index in [-0.39, 0.29) is 26.4 Å². The van der Waals surface area contributed by atoms with Crippen molar-refractivity contribution in [1.29, 1.82) is 0 Å². The summed E-state index contributed by atoms with van der Waals surface area (Å²) < 4.78 is 29.9.